The first-order valence-electron chi connectivity index (χ1n) is 10.1. The Bertz CT molecular complexity index is 879. The van der Waals surface area contributed by atoms with Gasteiger partial charge in [-0.1, -0.05) is 11.8 Å². The van der Waals surface area contributed by atoms with Crippen LogP contribution in [0, 0.1) is 17.8 Å². The molecular formula is C20H24N6O2S. The fourth-order valence-electron chi connectivity index (χ4n) is 5.78. The zero-order chi connectivity index (χ0) is 19.8. The van der Waals surface area contributed by atoms with Crippen molar-refractivity contribution in [2.45, 2.75) is 49.2 Å². The number of carbonyl (C=O) groups is 2. The van der Waals surface area contributed by atoms with Crippen molar-refractivity contribution < 1.29 is 9.59 Å². The Labute approximate surface area is 173 Å². The topological polar surface area (TPSA) is 113 Å². The zero-order valence-electron chi connectivity index (χ0n) is 16.1. The van der Waals surface area contributed by atoms with Gasteiger partial charge in [0.2, 0.25) is 11.1 Å². The van der Waals surface area contributed by atoms with E-state index in [4.69, 9.17) is 0 Å². The maximum atomic E-state index is 12.4. The van der Waals surface area contributed by atoms with E-state index in [1.165, 1.54) is 31.0 Å². The maximum Gasteiger partial charge on any atom is 0.321 e. The van der Waals surface area contributed by atoms with E-state index in [0.29, 0.717) is 11.0 Å². The van der Waals surface area contributed by atoms with Gasteiger partial charge in [0.1, 0.15) is 0 Å². The number of aromatic amines is 1. The molecular weight excluding hydrogens is 388 g/mol. The Kier molecular flexibility index (Phi) is 4.77. The van der Waals surface area contributed by atoms with Crippen molar-refractivity contribution in [3.05, 3.63) is 24.5 Å². The summed E-state index contributed by atoms with van der Waals surface area (Å²) >= 11 is 1.19. The van der Waals surface area contributed by atoms with Gasteiger partial charge in [-0.25, -0.2) is 9.78 Å². The molecule has 9 heteroatoms. The van der Waals surface area contributed by atoms with Gasteiger partial charge in [0.25, 0.3) is 0 Å². The average Bonchev–Trinajstić information content (AvgIpc) is 3.14. The van der Waals surface area contributed by atoms with Crippen molar-refractivity contribution in [3.63, 3.8) is 0 Å². The number of H-pyrrole nitrogens is 1. The summed E-state index contributed by atoms with van der Waals surface area (Å²) in [6.45, 7) is 0. The first kappa shape index (κ1) is 18.6. The van der Waals surface area contributed by atoms with Crippen LogP contribution >= 0.6 is 11.8 Å². The van der Waals surface area contributed by atoms with Gasteiger partial charge < -0.3 is 5.32 Å². The molecule has 152 valence electrons. The van der Waals surface area contributed by atoms with Crippen molar-refractivity contribution >= 4 is 23.7 Å². The van der Waals surface area contributed by atoms with Crippen LogP contribution in [0.3, 0.4) is 0 Å². The number of hydrogen-bond donors (Lipinski definition) is 3. The fraction of sp³-hybridized carbons (Fsp3) is 0.550. The molecule has 4 saturated carbocycles. The van der Waals surface area contributed by atoms with Crippen molar-refractivity contribution in [1.82, 2.24) is 30.8 Å². The first-order chi connectivity index (χ1) is 14.1. The van der Waals surface area contributed by atoms with E-state index in [9.17, 15) is 9.59 Å². The van der Waals surface area contributed by atoms with Crippen LogP contribution in [0.5, 0.6) is 0 Å². The summed E-state index contributed by atoms with van der Waals surface area (Å²) in [5, 5.41) is 13.1. The van der Waals surface area contributed by atoms with Crippen LogP contribution in [0.1, 0.15) is 38.5 Å². The molecule has 4 bridgehead atoms. The molecule has 0 saturated heterocycles. The molecule has 6 rings (SSSR count). The summed E-state index contributed by atoms with van der Waals surface area (Å²) in [7, 11) is 0. The highest BCUT2D eigenvalue weighted by molar-refractivity contribution is 7.99. The van der Waals surface area contributed by atoms with E-state index in [0.717, 1.165) is 42.6 Å². The van der Waals surface area contributed by atoms with Crippen LogP contribution in [-0.2, 0) is 4.79 Å². The minimum Gasteiger partial charge on any atom is -0.332 e. The number of urea groups is 1. The van der Waals surface area contributed by atoms with E-state index in [-0.39, 0.29) is 23.2 Å². The second-order valence-electron chi connectivity index (χ2n) is 8.69. The van der Waals surface area contributed by atoms with Gasteiger partial charge in [-0.3, -0.25) is 20.2 Å². The molecule has 2 heterocycles. The Morgan fingerprint density at radius 3 is 2.41 bits per heavy atom. The Morgan fingerprint density at radius 1 is 1.10 bits per heavy atom. The van der Waals surface area contributed by atoms with Gasteiger partial charge in [0.15, 0.2) is 5.82 Å². The van der Waals surface area contributed by atoms with Crippen LogP contribution < -0.4 is 10.6 Å². The Hall–Kier alpha value is -2.42. The van der Waals surface area contributed by atoms with E-state index in [1.807, 2.05) is 12.1 Å². The third kappa shape index (κ3) is 4.01. The molecule has 29 heavy (non-hydrogen) atoms. The van der Waals surface area contributed by atoms with E-state index < -0.39 is 0 Å². The molecule has 0 aromatic carbocycles. The smallest absolute Gasteiger partial charge is 0.321 e. The summed E-state index contributed by atoms with van der Waals surface area (Å²) in [5.41, 5.74) is 0.772. The van der Waals surface area contributed by atoms with E-state index in [2.05, 4.69) is 30.8 Å². The van der Waals surface area contributed by atoms with Crippen molar-refractivity contribution in [2.75, 3.05) is 5.75 Å². The number of hydrogen-bond acceptors (Lipinski definition) is 6. The first-order valence-corrected chi connectivity index (χ1v) is 11.1. The molecule has 3 N–H and O–H groups in total. The van der Waals surface area contributed by atoms with Crippen molar-refractivity contribution in [2.24, 2.45) is 17.8 Å². The van der Waals surface area contributed by atoms with Gasteiger partial charge >= 0.3 is 6.03 Å². The van der Waals surface area contributed by atoms with E-state index >= 15 is 0 Å². The summed E-state index contributed by atoms with van der Waals surface area (Å²) in [4.78, 5) is 33.0. The second kappa shape index (κ2) is 7.44. The van der Waals surface area contributed by atoms with Gasteiger partial charge in [-0.15, -0.1) is 5.10 Å². The highest BCUT2D eigenvalue weighted by atomic mass is 32.2. The normalized spacial score (nSPS) is 29.6. The highest BCUT2D eigenvalue weighted by Gasteiger charge is 2.51. The number of aromatic nitrogens is 4. The standard InChI is InChI=1S/C20H24N6O2S/c27-16(11-29-19-23-17(25-26-19)15-1-3-21-4-2-15)22-18(28)24-20-8-12-5-13(9-20)7-14(6-12)10-20/h1-4,12-14H,5-11H2,(H,23,25,26)(H2,22,24,27,28). The van der Waals surface area contributed by atoms with Crippen molar-refractivity contribution in [3.8, 4) is 11.4 Å². The van der Waals surface area contributed by atoms with Crippen LogP contribution in [0.4, 0.5) is 4.79 Å². The summed E-state index contributed by atoms with van der Waals surface area (Å²) in [6, 6.07) is 3.29. The van der Waals surface area contributed by atoms with Crippen LogP contribution in [0.25, 0.3) is 11.4 Å². The van der Waals surface area contributed by atoms with Crippen LogP contribution in [-0.4, -0.2) is 43.4 Å². The van der Waals surface area contributed by atoms with Gasteiger partial charge in [0.05, 0.1) is 5.75 Å². The zero-order valence-corrected chi connectivity index (χ0v) is 16.9. The number of carbonyl (C=O) groups excluding carboxylic acids is 2. The second-order valence-corrected chi connectivity index (χ2v) is 9.63. The fourth-order valence-corrected chi connectivity index (χ4v) is 6.38. The quantitative estimate of drug-likeness (QED) is 0.651. The number of nitrogens with zero attached hydrogens (tertiary/aromatic N) is 3. The number of imide groups is 1. The van der Waals surface area contributed by atoms with Crippen molar-refractivity contribution in [1.29, 1.82) is 0 Å². The lowest BCUT2D eigenvalue weighted by molar-refractivity contribution is -0.117. The third-order valence-corrected chi connectivity index (χ3v) is 7.27. The highest BCUT2D eigenvalue weighted by Crippen LogP contribution is 2.55. The summed E-state index contributed by atoms with van der Waals surface area (Å²) in [5.74, 6) is 2.60. The molecule has 3 amide bonds. The lowest BCUT2D eigenvalue weighted by atomic mass is 9.53. The van der Waals surface area contributed by atoms with Crippen LogP contribution in [0.15, 0.2) is 29.7 Å². The molecule has 8 nitrogen and oxygen atoms in total. The average molecular weight is 413 g/mol. The summed E-state index contributed by atoms with van der Waals surface area (Å²) in [6.07, 6.45) is 10.5. The van der Waals surface area contributed by atoms with Gasteiger partial charge in [0, 0.05) is 23.5 Å². The minimum atomic E-state index is -0.370. The molecule has 2 aromatic rings. The molecule has 4 fully saturated rings. The van der Waals surface area contributed by atoms with E-state index in [1.54, 1.807) is 12.4 Å². The SMILES string of the molecule is O=C(CSc1n[nH]c(-c2ccncc2)n1)NC(=O)NC12CC3CC(CC(C3)C1)C2. The monoisotopic (exact) mass is 412 g/mol. The number of nitrogens with one attached hydrogen (secondary N) is 3. The number of amides is 3. The number of pyridine rings is 1. The lowest BCUT2D eigenvalue weighted by Gasteiger charge is -2.56. The van der Waals surface area contributed by atoms with Crippen LogP contribution in [0.2, 0.25) is 0 Å². The molecule has 0 spiro atoms. The maximum absolute atomic E-state index is 12.4. The molecule has 0 unspecified atom stereocenters. The third-order valence-electron chi connectivity index (χ3n) is 6.42. The molecule has 4 aliphatic rings. The largest absolute Gasteiger partial charge is 0.332 e. The molecule has 4 aliphatic carbocycles. The lowest BCUT2D eigenvalue weighted by Crippen LogP contribution is -2.61. The molecule has 0 radical (unpaired) electrons. The molecule has 2 aromatic heterocycles. The predicted molar refractivity (Wildman–Crippen MR) is 108 cm³/mol. The predicted octanol–water partition coefficient (Wildman–Crippen LogP) is 2.75. The summed E-state index contributed by atoms with van der Waals surface area (Å²) < 4.78 is 0. The number of rotatable bonds is 5. The Balaban J connectivity index is 1.12. The Morgan fingerprint density at radius 2 is 1.76 bits per heavy atom. The number of thioether (sulfide) groups is 1. The molecule has 0 aliphatic heterocycles. The molecule has 0 atom stereocenters. The van der Waals surface area contributed by atoms with Gasteiger partial charge in [-0.2, -0.15) is 0 Å². The van der Waals surface area contributed by atoms with Gasteiger partial charge in [-0.05, 0) is 68.4 Å². The minimum absolute atomic E-state index is 0.0853.